The molecule has 0 amide bonds. The summed E-state index contributed by atoms with van der Waals surface area (Å²) in [6, 6.07) is 1.83. The largest absolute Gasteiger partial charge is 0.383 e. The number of nitrogens with zero attached hydrogens (tertiary/aromatic N) is 1. The van der Waals surface area contributed by atoms with Crippen LogP contribution in [0.25, 0.3) is 0 Å². The zero-order valence-electron chi connectivity index (χ0n) is 9.49. The quantitative estimate of drug-likeness (QED) is 0.748. The predicted molar refractivity (Wildman–Crippen MR) is 63.3 cm³/mol. The van der Waals surface area contributed by atoms with E-state index in [1.54, 1.807) is 6.20 Å². The lowest BCUT2D eigenvalue weighted by molar-refractivity contribution is 0.0965. The lowest BCUT2D eigenvalue weighted by Crippen LogP contribution is -2.14. The molecule has 1 atom stereocenters. The van der Waals surface area contributed by atoms with E-state index in [2.05, 4.69) is 10.3 Å². The summed E-state index contributed by atoms with van der Waals surface area (Å²) in [7, 11) is 0. The molecule has 0 saturated carbocycles. The first-order chi connectivity index (χ1) is 7.66. The molecule has 1 fully saturated rings. The fraction of sp³-hybridized carbons (Fsp3) is 0.500. The second-order valence-electron chi connectivity index (χ2n) is 4.43. The number of nitrogens with two attached hydrogens (primary N) is 1. The summed E-state index contributed by atoms with van der Waals surface area (Å²) in [4.78, 5) is 16.0. The Morgan fingerprint density at radius 3 is 3.19 bits per heavy atom. The van der Waals surface area contributed by atoms with Gasteiger partial charge >= 0.3 is 0 Å². The highest BCUT2D eigenvalue weighted by Crippen LogP contribution is 2.19. The molecule has 1 aromatic rings. The van der Waals surface area contributed by atoms with Crippen molar-refractivity contribution < 1.29 is 4.79 Å². The Hall–Kier alpha value is -1.42. The minimum atomic E-state index is 0.113. The number of Topliss-reactive ketones (excluding diaryl/α,β-unsaturated/α-hetero) is 1. The topological polar surface area (TPSA) is 68.0 Å². The Morgan fingerprint density at radius 2 is 2.50 bits per heavy atom. The number of hydrogen-bond donors (Lipinski definition) is 2. The van der Waals surface area contributed by atoms with Crippen LogP contribution < -0.4 is 11.1 Å². The molecule has 1 saturated heterocycles. The SMILES string of the molecule is Cc1cnc(N)c(C(=O)CC2CCNC2)c1. The highest BCUT2D eigenvalue weighted by molar-refractivity contribution is 6.00. The van der Waals surface area contributed by atoms with Gasteiger partial charge < -0.3 is 11.1 Å². The lowest BCUT2D eigenvalue weighted by atomic mass is 9.97. The van der Waals surface area contributed by atoms with Crippen molar-refractivity contribution in [3.8, 4) is 0 Å². The van der Waals surface area contributed by atoms with Gasteiger partial charge in [0.25, 0.3) is 0 Å². The zero-order valence-corrected chi connectivity index (χ0v) is 9.49. The maximum Gasteiger partial charge on any atom is 0.166 e. The molecule has 86 valence electrons. The maximum atomic E-state index is 12.0. The molecule has 4 heteroatoms. The number of aromatic nitrogens is 1. The molecule has 1 aromatic heterocycles. The first kappa shape index (κ1) is 11.1. The van der Waals surface area contributed by atoms with Gasteiger partial charge in [0.05, 0.1) is 5.56 Å². The van der Waals surface area contributed by atoms with Crippen LogP contribution in [0.1, 0.15) is 28.8 Å². The van der Waals surface area contributed by atoms with Gasteiger partial charge in [-0.3, -0.25) is 4.79 Å². The minimum Gasteiger partial charge on any atom is -0.383 e. The Morgan fingerprint density at radius 1 is 1.69 bits per heavy atom. The Bertz CT molecular complexity index is 397. The molecule has 4 nitrogen and oxygen atoms in total. The number of nitrogen functional groups attached to an aromatic ring is 1. The molecule has 16 heavy (non-hydrogen) atoms. The van der Waals surface area contributed by atoms with E-state index in [0.29, 0.717) is 23.7 Å². The zero-order chi connectivity index (χ0) is 11.5. The normalized spacial score (nSPS) is 19.9. The smallest absolute Gasteiger partial charge is 0.166 e. The van der Waals surface area contributed by atoms with Crippen molar-refractivity contribution in [2.24, 2.45) is 5.92 Å². The van der Waals surface area contributed by atoms with Gasteiger partial charge in [0.15, 0.2) is 5.78 Å². The number of aryl methyl sites for hydroxylation is 1. The van der Waals surface area contributed by atoms with Crippen molar-refractivity contribution in [1.29, 1.82) is 0 Å². The van der Waals surface area contributed by atoms with E-state index < -0.39 is 0 Å². The number of carbonyl (C=O) groups is 1. The molecule has 0 radical (unpaired) electrons. The van der Waals surface area contributed by atoms with Crippen molar-refractivity contribution in [1.82, 2.24) is 10.3 Å². The van der Waals surface area contributed by atoms with E-state index in [4.69, 9.17) is 5.73 Å². The van der Waals surface area contributed by atoms with E-state index in [9.17, 15) is 4.79 Å². The van der Waals surface area contributed by atoms with Gasteiger partial charge in [0, 0.05) is 12.6 Å². The third-order valence-corrected chi connectivity index (χ3v) is 2.99. The molecule has 0 spiro atoms. The van der Waals surface area contributed by atoms with E-state index in [1.165, 1.54) is 0 Å². The van der Waals surface area contributed by atoms with Gasteiger partial charge in [-0.25, -0.2) is 4.98 Å². The van der Waals surface area contributed by atoms with Crippen LogP contribution in [0.2, 0.25) is 0 Å². The Kier molecular flexibility index (Phi) is 3.19. The molecule has 0 bridgehead atoms. The van der Waals surface area contributed by atoms with Crippen LogP contribution in [0.4, 0.5) is 5.82 Å². The monoisotopic (exact) mass is 219 g/mol. The van der Waals surface area contributed by atoms with E-state index >= 15 is 0 Å². The Balaban J connectivity index is 2.10. The molecule has 1 unspecified atom stereocenters. The van der Waals surface area contributed by atoms with Gasteiger partial charge in [-0.05, 0) is 44.0 Å². The summed E-state index contributed by atoms with van der Waals surface area (Å²) in [5.41, 5.74) is 7.27. The summed E-state index contributed by atoms with van der Waals surface area (Å²) < 4.78 is 0. The molecular weight excluding hydrogens is 202 g/mol. The molecule has 2 rings (SSSR count). The van der Waals surface area contributed by atoms with Gasteiger partial charge in [-0.15, -0.1) is 0 Å². The van der Waals surface area contributed by atoms with Crippen LogP contribution in [0.3, 0.4) is 0 Å². The standard InChI is InChI=1S/C12H17N3O/c1-8-4-10(12(13)15-6-8)11(16)5-9-2-3-14-7-9/h4,6,9,14H,2-3,5,7H2,1H3,(H2,13,15). The van der Waals surface area contributed by atoms with Crippen molar-refractivity contribution in [3.05, 3.63) is 23.4 Å². The van der Waals surface area contributed by atoms with Crippen molar-refractivity contribution in [2.45, 2.75) is 19.8 Å². The summed E-state index contributed by atoms with van der Waals surface area (Å²) >= 11 is 0. The van der Waals surface area contributed by atoms with E-state index in [1.807, 2.05) is 13.0 Å². The number of carbonyl (C=O) groups excluding carboxylic acids is 1. The number of nitrogens with one attached hydrogen (secondary N) is 1. The van der Waals surface area contributed by atoms with Gasteiger partial charge in [-0.2, -0.15) is 0 Å². The van der Waals surface area contributed by atoms with Crippen LogP contribution in [-0.4, -0.2) is 23.9 Å². The Labute approximate surface area is 95.3 Å². The van der Waals surface area contributed by atoms with Crippen LogP contribution in [-0.2, 0) is 0 Å². The third kappa shape index (κ3) is 2.39. The molecule has 3 N–H and O–H groups in total. The highest BCUT2D eigenvalue weighted by atomic mass is 16.1. The molecule has 1 aliphatic heterocycles. The fourth-order valence-electron chi connectivity index (χ4n) is 2.06. The lowest BCUT2D eigenvalue weighted by Gasteiger charge is -2.09. The summed E-state index contributed by atoms with van der Waals surface area (Å²) in [6.07, 6.45) is 3.33. The van der Waals surface area contributed by atoms with Crippen LogP contribution >= 0.6 is 0 Å². The van der Waals surface area contributed by atoms with Gasteiger partial charge in [0.2, 0.25) is 0 Å². The molecule has 0 aliphatic carbocycles. The highest BCUT2D eigenvalue weighted by Gasteiger charge is 2.20. The number of rotatable bonds is 3. The number of hydrogen-bond acceptors (Lipinski definition) is 4. The van der Waals surface area contributed by atoms with Crippen LogP contribution in [0.15, 0.2) is 12.3 Å². The van der Waals surface area contributed by atoms with Crippen LogP contribution in [0, 0.1) is 12.8 Å². The number of ketones is 1. The molecule has 2 heterocycles. The average Bonchev–Trinajstić information content (AvgIpc) is 2.74. The number of anilines is 1. The van der Waals surface area contributed by atoms with Gasteiger partial charge in [-0.1, -0.05) is 0 Å². The first-order valence-corrected chi connectivity index (χ1v) is 5.63. The van der Waals surface area contributed by atoms with Crippen LogP contribution in [0.5, 0.6) is 0 Å². The third-order valence-electron chi connectivity index (χ3n) is 2.99. The second kappa shape index (κ2) is 4.61. The summed E-state index contributed by atoms with van der Waals surface area (Å²) in [5.74, 6) is 0.913. The van der Waals surface area contributed by atoms with E-state index in [0.717, 1.165) is 25.1 Å². The second-order valence-corrected chi connectivity index (χ2v) is 4.43. The predicted octanol–water partition coefficient (Wildman–Crippen LogP) is 1.15. The molecular formula is C12H17N3O. The molecule has 1 aliphatic rings. The average molecular weight is 219 g/mol. The number of pyridine rings is 1. The maximum absolute atomic E-state index is 12.0. The first-order valence-electron chi connectivity index (χ1n) is 5.63. The minimum absolute atomic E-state index is 0.113. The van der Waals surface area contributed by atoms with Crippen molar-refractivity contribution in [2.75, 3.05) is 18.8 Å². The van der Waals surface area contributed by atoms with E-state index in [-0.39, 0.29) is 5.78 Å². The molecule has 0 aromatic carbocycles. The fourth-order valence-corrected chi connectivity index (χ4v) is 2.06. The van der Waals surface area contributed by atoms with Gasteiger partial charge in [0.1, 0.15) is 5.82 Å². The summed E-state index contributed by atoms with van der Waals surface area (Å²) in [6.45, 7) is 3.87. The van der Waals surface area contributed by atoms with Crippen molar-refractivity contribution in [3.63, 3.8) is 0 Å². The summed E-state index contributed by atoms with van der Waals surface area (Å²) in [5, 5.41) is 3.26. The van der Waals surface area contributed by atoms with Crippen molar-refractivity contribution >= 4 is 11.6 Å².